The van der Waals surface area contributed by atoms with Gasteiger partial charge in [-0.3, -0.25) is 4.79 Å². The minimum absolute atomic E-state index is 0.284. The van der Waals surface area contributed by atoms with Gasteiger partial charge in [-0.15, -0.1) is 0 Å². The number of carbonyl (C=O) groups is 2. The summed E-state index contributed by atoms with van der Waals surface area (Å²) in [4.78, 5) is 27.0. The Balaban J connectivity index is 1.56. The predicted molar refractivity (Wildman–Crippen MR) is 96.6 cm³/mol. The summed E-state index contributed by atoms with van der Waals surface area (Å²) in [6, 6.07) is 16.2. The molecule has 3 rings (SSSR count). The van der Waals surface area contributed by atoms with Gasteiger partial charge in [0, 0.05) is 15.9 Å². The van der Waals surface area contributed by atoms with Crippen molar-refractivity contribution < 1.29 is 14.3 Å². The molecule has 1 aromatic heterocycles. The first kappa shape index (κ1) is 17.0. The van der Waals surface area contributed by atoms with Crippen LogP contribution in [0.3, 0.4) is 0 Å². The maximum atomic E-state index is 12.1. The van der Waals surface area contributed by atoms with Crippen molar-refractivity contribution in [2.75, 3.05) is 6.61 Å². The van der Waals surface area contributed by atoms with Gasteiger partial charge >= 0.3 is 5.97 Å². The van der Waals surface area contributed by atoms with Crippen LogP contribution in [0.25, 0.3) is 10.9 Å². The molecule has 2 aromatic carbocycles. The van der Waals surface area contributed by atoms with E-state index >= 15 is 0 Å². The second-order valence-corrected chi connectivity index (χ2v) is 6.06. The number of aromatic nitrogens is 1. The summed E-state index contributed by atoms with van der Waals surface area (Å²) in [5.41, 5.74) is 1.96. The van der Waals surface area contributed by atoms with Crippen LogP contribution in [0.4, 0.5) is 0 Å². The average Bonchev–Trinajstić information content (AvgIpc) is 3.04. The van der Waals surface area contributed by atoms with E-state index < -0.39 is 11.9 Å². The van der Waals surface area contributed by atoms with E-state index in [-0.39, 0.29) is 12.6 Å². The van der Waals surface area contributed by atoms with Crippen molar-refractivity contribution in [3.8, 4) is 0 Å². The van der Waals surface area contributed by atoms with Crippen LogP contribution in [0.15, 0.2) is 54.6 Å². The van der Waals surface area contributed by atoms with Crippen molar-refractivity contribution >= 4 is 34.4 Å². The molecule has 0 aliphatic heterocycles. The molecule has 0 unspecified atom stereocenters. The first-order valence-electron chi connectivity index (χ1n) is 7.83. The molecule has 0 aliphatic carbocycles. The SMILES string of the molecule is C[C@H](NC(=O)COC(=O)c1cc2ccccc2[nH]1)c1ccccc1Cl. The molecule has 1 amide bonds. The highest BCUT2D eigenvalue weighted by atomic mass is 35.5. The standard InChI is InChI=1S/C19H17ClN2O3/c1-12(14-7-3-4-8-15(14)20)21-18(23)11-25-19(24)17-10-13-6-2-5-9-16(13)22-17/h2-10,12,22H,11H2,1H3,(H,21,23)/t12-/m0/s1. The fraction of sp³-hybridized carbons (Fsp3) is 0.158. The Labute approximate surface area is 149 Å². The van der Waals surface area contributed by atoms with E-state index in [1.807, 2.05) is 49.4 Å². The van der Waals surface area contributed by atoms with Crippen molar-refractivity contribution in [3.63, 3.8) is 0 Å². The van der Waals surface area contributed by atoms with E-state index in [4.69, 9.17) is 16.3 Å². The fourth-order valence-corrected chi connectivity index (χ4v) is 2.88. The number of halogens is 1. The maximum absolute atomic E-state index is 12.1. The predicted octanol–water partition coefficient (Wildman–Crippen LogP) is 3.86. The Bertz CT molecular complexity index is 887. The maximum Gasteiger partial charge on any atom is 0.355 e. The molecule has 0 aliphatic rings. The smallest absolute Gasteiger partial charge is 0.355 e. The van der Waals surface area contributed by atoms with Crippen LogP contribution < -0.4 is 5.32 Å². The zero-order chi connectivity index (χ0) is 17.8. The number of hydrogen-bond donors (Lipinski definition) is 2. The summed E-state index contributed by atoms with van der Waals surface area (Å²) in [5.74, 6) is -0.964. The average molecular weight is 357 g/mol. The summed E-state index contributed by atoms with van der Waals surface area (Å²) in [5, 5.41) is 4.24. The Kier molecular flexibility index (Phi) is 5.05. The lowest BCUT2D eigenvalue weighted by molar-refractivity contribution is -0.124. The molecule has 1 heterocycles. The van der Waals surface area contributed by atoms with Gasteiger partial charge < -0.3 is 15.0 Å². The van der Waals surface area contributed by atoms with Crippen LogP contribution in [0.1, 0.15) is 29.0 Å². The molecule has 128 valence electrons. The van der Waals surface area contributed by atoms with Crippen LogP contribution in [0.2, 0.25) is 5.02 Å². The molecule has 25 heavy (non-hydrogen) atoms. The van der Waals surface area contributed by atoms with E-state index in [9.17, 15) is 9.59 Å². The number of carbonyl (C=O) groups excluding carboxylic acids is 2. The van der Waals surface area contributed by atoms with Crippen LogP contribution in [-0.2, 0) is 9.53 Å². The van der Waals surface area contributed by atoms with Gasteiger partial charge in [0.05, 0.1) is 6.04 Å². The fourth-order valence-electron chi connectivity index (χ4n) is 2.58. The van der Waals surface area contributed by atoms with Gasteiger partial charge in [-0.2, -0.15) is 0 Å². The molecule has 0 fully saturated rings. The number of H-pyrrole nitrogens is 1. The summed E-state index contributed by atoms with van der Waals surface area (Å²) in [6.07, 6.45) is 0. The summed E-state index contributed by atoms with van der Waals surface area (Å²) >= 11 is 6.11. The van der Waals surface area contributed by atoms with Crippen molar-refractivity contribution in [2.24, 2.45) is 0 Å². The Morgan fingerprint density at radius 2 is 1.88 bits per heavy atom. The van der Waals surface area contributed by atoms with Gasteiger partial charge in [0.1, 0.15) is 5.69 Å². The molecule has 0 saturated heterocycles. The van der Waals surface area contributed by atoms with Gasteiger partial charge in [0.2, 0.25) is 0 Å². The van der Waals surface area contributed by atoms with E-state index in [0.717, 1.165) is 16.5 Å². The lowest BCUT2D eigenvalue weighted by Gasteiger charge is -2.15. The van der Waals surface area contributed by atoms with Gasteiger partial charge in [0.15, 0.2) is 6.61 Å². The highest BCUT2D eigenvalue weighted by Gasteiger charge is 2.15. The van der Waals surface area contributed by atoms with Crippen molar-refractivity contribution in [1.29, 1.82) is 0 Å². The Morgan fingerprint density at radius 1 is 1.16 bits per heavy atom. The highest BCUT2D eigenvalue weighted by molar-refractivity contribution is 6.31. The number of benzene rings is 2. The number of ether oxygens (including phenoxy) is 1. The second-order valence-electron chi connectivity index (χ2n) is 5.66. The van der Waals surface area contributed by atoms with Gasteiger partial charge in [-0.05, 0) is 30.7 Å². The van der Waals surface area contributed by atoms with E-state index in [0.29, 0.717) is 10.7 Å². The van der Waals surface area contributed by atoms with Gasteiger partial charge in [0.25, 0.3) is 5.91 Å². The first-order chi connectivity index (χ1) is 12.0. The van der Waals surface area contributed by atoms with E-state index in [1.54, 1.807) is 12.1 Å². The Morgan fingerprint density at radius 3 is 2.64 bits per heavy atom. The first-order valence-corrected chi connectivity index (χ1v) is 8.21. The molecule has 0 bridgehead atoms. The molecule has 2 N–H and O–H groups in total. The number of nitrogens with one attached hydrogen (secondary N) is 2. The molecule has 0 radical (unpaired) electrons. The van der Waals surface area contributed by atoms with E-state index in [1.165, 1.54) is 0 Å². The van der Waals surface area contributed by atoms with Crippen molar-refractivity contribution in [3.05, 3.63) is 70.9 Å². The third-order valence-electron chi connectivity index (χ3n) is 3.83. The summed E-state index contributed by atoms with van der Waals surface area (Å²) < 4.78 is 5.07. The number of rotatable bonds is 5. The summed E-state index contributed by atoms with van der Waals surface area (Å²) in [6.45, 7) is 1.46. The minimum Gasteiger partial charge on any atom is -0.451 e. The number of hydrogen-bond acceptors (Lipinski definition) is 3. The second kappa shape index (κ2) is 7.40. The molecule has 5 nitrogen and oxygen atoms in total. The molecule has 6 heteroatoms. The Hall–Kier alpha value is -2.79. The van der Waals surface area contributed by atoms with Crippen LogP contribution in [0.5, 0.6) is 0 Å². The zero-order valence-corrected chi connectivity index (χ0v) is 14.3. The zero-order valence-electron chi connectivity index (χ0n) is 13.6. The third-order valence-corrected chi connectivity index (χ3v) is 4.18. The quantitative estimate of drug-likeness (QED) is 0.682. The molecular weight excluding hydrogens is 340 g/mol. The number of amides is 1. The molecule has 1 atom stereocenters. The van der Waals surface area contributed by atoms with Crippen molar-refractivity contribution in [2.45, 2.75) is 13.0 Å². The lowest BCUT2D eigenvalue weighted by atomic mass is 10.1. The minimum atomic E-state index is -0.572. The van der Waals surface area contributed by atoms with Gasteiger partial charge in [-0.1, -0.05) is 48.0 Å². The molecule has 0 spiro atoms. The monoisotopic (exact) mass is 356 g/mol. The van der Waals surface area contributed by atoms with Crippen LogP contribution in [-0.4, -0.2) is 23.5 Å². The highest BCUT2D eigenvalue weighted by Crippen LogP contribution is 2.22. The van der Waals surface area contributed by atoms with Crippen LogP contribution in [0, 0.1) is 0 Å². The van der Waals surface area contributed by atoms with Crippen LogP contribution >= 0.6 is 11.6 Å². The number of esters is 1. The van der Waals surface area contributed by atoms with E-state index in [2.05, 4.69) is 10.3 Å². The molecular formula is C19H17ClN2O3. The topological polar surface area (TPSA) is 71.2 Å². The molecule has 0 saturated carbocycles. The number of fused-ring (bicyclic) bond motifs is 1. The van der Waals surface area contributed by atoms with Crippen molar-refractivity contribution in [1.82, 2.24) is 10.3 Å². The lowest BCUT2D eigenvalue weighted by Crippen LogP contribution is -2.31. The third kappa shape index (κ3) is 4.00. The molecule has 3 aromatic rings. The number of para-hydroxylation sites is 1. The summed E-state index contributed by atoms with van der Waals surface area (Å²) in [7, 11) is 0. The van der Waals surface area contributed by atoms with Gasteiger partial charge in [-0.25, -0.2) is 4.79 Å². The number of aromatic amines is 1. The largest absolute Gasteiger partial charge is 0.451 e. The normalized spacial score (nSPS) is 11.9.